The zero-order valence-corrected chi connectivity index (χ0v) is 43.4. The maximum Gasteiger partial charge on any atom is 0.508 e. The highest BCUT2D eigenvalue weighted by Gasteiger charge is 2.23. The molecule has 0 aromatic heterocycles. The second-order valence-corrected chi connectivity index (χ2v) is 18.6. The van der Waals surface area contributed by atoms with Crippen molar-refractivity contribution in [3.05, 3.63) is 24.3 Å². The monoisotopic (exact) mass is 950 g/mol. The number of piperidine rings is 1. The van der Waals surface area contributed by atoms with Crippen molar-refractivity contribution in [2.24, 2.45) is 17.8 Å². The van der Waals surface area contributed by atoms with Crippen LogP contribution in [-0.4, -0.2) is 101 Å². The summed E-state index contributed by atoms with van der Waals surface area (Å²) >= 11 is 0. The molecule has 1 heterocycles. The first-order valence-electron chi connectivity index (χ1n) is 27.3. The summed E-state index contributed by atoms with van der Waals surface area (Å²) in [5, 5.41) is 0. The molecule has 1 rings (SSSR count). The van der Waals surface area contributed by atoms with Gasteiger partial charge >= 0.3 is 24.1 Å². The molecule has 1 aliphatic heterocycles. The first-order chi connectivity index (χ1) is 32.7. The lowest BCUT2D eigenvalue weighted by molar-refractivity contribution is -0.161. The highest BCUT2D eigenvalue weighted by Crippen LogP contribution is 2.21. The van der Waals surface area contributed by atoms with Crippen LogP contribution in [-0.2, 0) is 47.5 Å². The molecular weight excluding hydrogens is 851 g/mol. The van der Waals surface area contributed by atoms with Crippen LogP contribution in [0.25, 0.3) is 0 Å². The lowest BCUT2D eigenvalue weighted by Crippen LogP contribution is -2.37. The Bertz CT molecular complexity index is 1230. The molecule has 0 aromatic carbocycles. The Hall–Kier alpha value is -2.96. The maximum atomic E-state index is 13.1. The third-order valence-corrected chi connectivity index (χ3v) is 12.3. The third kappa shape index (κ3) is 38.6. The molecule has 0 N–H and O–H groups in total. The van der Waals surface area contributed by atoms with Crippen LogP contribution in [0.2, 0.25) is 0 Å². The molecule has 1 saturated heterocycles. The van der Waals surface area contributed by atoms with Gasteiger partial charge < -0.3 is 38.1 Å². The summed E-state index contributed by atoms with van der Waals surface area (Å²) in [5.74, 6) is -1.05. The van der Waals surface area contributed by atoms with E-state index < -0.39 is 30.3 Å². The van der Waals surface area contributed by atoms with Gasteiger partial charge in [0.1, 0.15) is 19.8 Å². The first kappa shape index (κ1) is 62.1. The Morgan fingerprint density at radius 3 is 1.58 bits per heavy atom. The van der Waals surface area contributed by atoms with Crippen molar-refractivity contribution < 1.29 is 52.3 Å². The molecule has 0 aliphatic carbocycles. The number of likely N-dealkylation sites (tertiary alicyclic amines) is 1. The van der Waals surface area contributed by atoms with E-state index in [1.54, 1.807) is 0 Å². The van der Waals surface area contributed by atoms with Crippen molar-refractivity contribution in [1.29, 1.82) is 0 Å². The summed E-state index contributed by atoms with van der Waals surface area (Å²) in [7, 11) is 0. The van der Waals surface area contributed by atoms with Gasteiger partial charge in [-0.25, -0.2) is 4.79 Å². The van der Waals surface area contributed by atoms with Crippen LogP contribution in [0.3, 0.4) is 0 Å². The van der Waals surface area contributed by atoms with Gasteiger partial charge in [-0.15, -0.1) is 0 Å². The molecule has 67 heavy (non-hydrogen) atoms. The van der Waals surface area contributed by atoms with Crippen molar-refractivity contribution in [2.45, 2.75) is 221 Å². The second-order valence-electron chi connectivity index (χ2n) is 18.6. The molecule has 12 nitrogen and oxygen atoms in total. The number of hydrogen-bond acceptors (Lipinski definition) is 12. The number of nitrogens with zero attached hydrogens (tertiary/aromatic N) is 1. The summed E-state index contributed by atoms with van der Waals surface area (Å²) in [4.78, 5) is 53.6. The van der Waals surface area contributed by atoms with Gasteiger partial charge in [0.15, 0.2) is 6.29 Å². The lowest BCUT2D eigenvalue weighted by atomic mass is 9.95. The summed E-state index contributed by atoms with van der Waals surface area (Å²) in [6.07, 6.45) is 33.7. The number of carbonyl (C=O) groups excluding carboxylic acids is 4. The van der Waals surface area contributed by atoms with Gasteiger partial charge in [-0.1, -0.05) is 123 Å². The highest BCUT2D eigenvalue weighted by molar-refractivity contribution is 5.71. The van der Waals surface area contributed by atoms with E-state index in [0.717, 1.165) is 96.7 Å². The standard InChI is InChI=1S/C55H99NO11/c1-6-11-15-19-22-26-33-48(32-25-18-14-9-4)43-63-51(57)35-27-28-36-52(58)64-45-50(47-67-55(60)66-44-49-34-31-39-56(10-5)42-49)46-65-53(59)37-38-54(61-40-29-23-20-16-12-7-2)62-41-30-24-21-17-13-8-3/h12-13,16-17,48-50,54H,6-11,14-15,18-47H2,1-5H3/b16-12-,17-13-. The van der Waals surface area contributed by atoms with E-state index in [2.05, 4.69) is 63.8 Å². The van der Waals surface area contributed by atoms with Gasteiger partial charge in [0.05, 0.1) is 25.6 Å². The Balaban J connectivity index is 2.67. The third-order valence-electron chi connectivity index (χ3n) is 12.3. The number of unbranched alkanes of at least 4 members (excludes halogenated alkanes) is 13. The highest BCUT2D eigenvalue weighted by atomic mass is 16.7. The molecular formula is C55H99NO11. The number of esters is 3. The molecule has 0 bridgehead atoms. The van der Waals surface area contributed by atoms with Crippen molar-refractivity contribution >= 4 is 24.1 Å². The van der Waals surface area contributed by atoms with Crippen LogP contribution in [0, 0.1) is 17.8 Å². The average molecular weight is 950 g/mol. The van der Waals surface area contributed by atoms with E-state index in [4.69, 9.17) is 33.2 Å². The number of ether oxygens (including phenoxy) is 7. The zero-order chi connectivity index (χ0) is 48.8. The molecule has 390 valence electrons. The van der Waals surface area contributed by atoms with Gasteiger partial charge in [0.25, 0.3) is 0 Å². The number of hydrogen-bond donors (Lipinski definition) is 0. The van der Waals surface area contributed by atoms with E-state index in [-0.39, 0.29) is 57.6 Å². The van der Waals surface area contributed by atoms with Gasteiger partial charge in [0.2, 0.25) is 0 Å². The Kier molecular flexibility index (Phi) is 42.1. The largest absolute Gasteiger partial charge is 0.508 e. The van der Waals surface area contributed by atoms with Crippen LogP contribution in [0.15, 0.2) is 24.3 Å². The lowest BCUT2D eigenvalue weighted by Gasteiger charge is -2.31. The number of allylic oxidation sites excluding steroid dienone is 4. The smallest absolute Gasteiger partial charge is 0.465 e. The summed E-state index contributed by atoms with van der Waals surface area (Å²) in [6, 6.07) is 0. The predicted octanol–water partition coefficient (Wildman–Crippen LogP) is 13.4. The van der Waals surface area contributed by atoms with E-state index in [1.165, 1.54) is 64.2 Å². The van der Waals surface area contributed by atoms with Crippen LogP contribution < -0.4 is 0 Å². The van der Waals surface area contributed by atoms with Crippen LogP contribution >= 0.6 is 0 Å². The molecule has 0 spiro atoms. The minimum absolute atomic E-state index is 0.0793. The number of carbonyl (C=O) groups is 4. The fourth-order valence-electron chi connectivity index (χ4n) is 8.08. The second kappa shape index (κ2) is 45.5. The Morgan fingerprint density at radius 2 is 1.03 bits per heavy atom. The van der Waals surface area contributed by atoms with E-state index in [1.807, 2.05) is 0 Å². The van der Waals surface area contributed by atoms with Crippen molar-refractivity contribution in [1.82, 2.24) is 4.90 Å². The van der Waals surface area contributed by atoms with E-state index >= 15 is 0 Å². The Labute approximate surface area is 408 Å². The zero-order valence-electron chi connectivity index (χ0n) is 43.4. The van der Waals surface area contributed by atoms with Gasteiger partial charge in [-0.2, -0.15) is 0 Å². The summed E-state index contributed by atoms with van der Waals surface area (Å²) in [5.41, 5.74) is 0. The average Bonchev–Trinajstić information content (AvgIpc) is 3.34. The Morgan fingerprint density at radius 1 is 0.522 bits per heavy atom. The quantitative estimate of drug-likeness (QED) is 0.0189. The van der Waals surface area contributed by atoms with Crippen LogP contribution in [0.1, 0.15) is 214 Å². The molecule has 1 aliphatic rings. The summed E-state index contributed by atoms with van der Waals surface area (Å²) in [6.45, 7) is 15.2. The topological polar surface area (TPSA) is 136 Å². The molecule has 0 saturated carbocycles. The first-order valence-corrected chi connectivity index (χ1v) is 27.3. The summed E-state index contributed by atoms with van der Waals surface area (Å²) < 4.78 is 40.1. The van der Waals surface area contributed by atoms with Crippen molar-refractivity contribution in [3.63, 3.8) is 0 Å². The van der Waals surface area contributed by atoms with Crippen LogP contribution in [0.5, 0.6) is 0 Å². The van der Waals surface area contributed by atoms with Gasteiger partial charge in [-0.05, 0) is 109 Å². The maximum absolute atomic E-state index is 13.1. The SMILES string of the molecule is CC/C=C\CCCCOC(CCC(=O)OCC(COC(=O)CCCCC(=O)OCC(CCCCCC)CCCCCCCC)COC(=O)OCC1CCCN(CC)C1)OCCCC/C=C\CC. The van der Waals surface area contributed by atoms with Crippen molar-refractivity contribution in [2.75, 3.05) is 65.9 Å². The molecule has 3 unspecified atom stereocenters. The molecule has 3 atom stereocenters. The molecule has 0 aromatic rings. The minimum Gasteiger partial charge on any atom is -0.465 e. The molecule has 0 amide bonds. The normalized spacial score (nSPS) is 15.3. The molecule has 0 radical (unpaired) electrons. The van der Waals surface area contributed by atoms with E-state index in [0.29, 0.717) is 45.0 Å². The minimum atomic E-state index is -0.798. The van der Waals surface area contributed by atoms with E-state index in [9.17, 15) is 19.2 Å². The fourth-order valence-corrected chi connectivity index (χ4v) is 8.08. The predicted molar refractivity (Wildman–Crippen MR) is 269 cm³/mol. The van der Waals surface area contributed by atoms with Gasteiger partial charge in [-0.3, -0.25) is 14.4 Å². The van der Waals surface area contributed by atoms with Gasteiger partial charge in [0, 0.05) is 44.9 Å². The fraction of sp³-hybridized carbons (Fsp3) is 0.855. The van der Waals surface area contributed by atoms with Crippen LogP contribution in [0.4, 0.5) is 4.79 Å². The van der Waals surface area contributed by atoms with Crippen molar-refractivity contribution in [3.8, 4) is 0 Å². The molecule has 1 fully saturated rings. The molecule has 12 heteroatoms. The number of rotatable bonds is 45.